The highest BCUT2D eigenvalue weighted by atomic mass is 16.4. The van der Waals surface area contributed by atoms with E-state index in [2.05, 4.69) is 52.8 Å². The summed E-state index contributed by atoms with van der Waals surface area (Å²) in [5.74, 6) is -9.59. The second-order valence-corrected chi connectivity index (χ2v) is 20.0. The molecule has 0 radical (unpaired) electrons. The number of carboxylic acid groups (broad SMARTS) is 1. The Kier molecular flexibility index (Phi) is 33.1. The number of amides is 10. The molecular weight excluding hydrogens is 979 g/mol. The monoisotopic (exact) mass is 1070 g/mol. The number of carbonyl (C=O) groups excluding carboxylic acids is 10. The number of carbonyl (C=O) groups is 11. The Morgan fingerprint density at radius 2 is 0.987 bits per heavy atom. The Bertz CT molecular complexity index is 1930. The minimum atomic E-state index is -1.25. The molecule has 0 bridgehead atoms. The van der Waals surface area contributed by atoms with Crippen molar-refractivity contribution in [1.29, 1.82) is 0 Å². The van der Waals surface area contributed by atoms with Gasteiger partial charge in [-0.3, -0.25) is 52.9 Å². The van der Waals surface area contributed by atoms with Gasteiger partial charge in [0, 0.05) is 13.0 Å². The summed E-state index contributed by atoms with van der Waals surface area (Å²) in [5, 5.41) is 32.7. The number of nitrogens with two attached hydrogens (primary N) is 5. The van der Waals surface area contributed by atoms with Crippen LogP contribution in [0.25, 0.3) is 0 Å². The first-order valence-electron chi connectivity index (χ1n) is 25.7. The summed E-state index contributed by atoms with van der Waals surface area (Å²) in [6, 6.07) is -9.45. The van der Waals surface area contributed by atoms with Gasteiger partial charge in [0.1, 0.15) is 42.3 Å². The maximum absolute atomic E-state index is 14.0. The molecule has 10 amide bonds. The number of hydrogen-bond donors (Lipinski definition) is 15. The molecule has 0 heterocycles. The van der Waals surface area contributed by atoms with E-state index in [-0.39, 0.29) is 88.2 Å². The minimum absolute atomic E-state index is 0.0175. The van der Waals surface area contributed by atoms with Crippen LogP contribution >= 0.6 is 0 Å². The van der Waals surface area contributed by atoms with Crippen LogP contribution in [0.1, 0.15) is 133 Å². The van der Waals surface area contributed by atoms with Gasteiger partial charge in [0.15, 0.2) is 5.96 Å². The van der Waals surface area contributed by atoms with E-state index in [0.717, 1.165) is 0 Å². The number of unbranched alkanes of at least 4 members (excludes halogenated alkanes) is 1. The zero-order valence-corrected chi connectivity index (χ0v) is 45.3. The number of hydrogen-bond acceptors (Lipinski definition) is 14. The Hall–Kier alpha value is -6.64. The molecule has 0 rings (SSSR count). The maximum Gasteiger partial charge on any atom is 0.326 e. The van der Waals surface area contributed by atoms with Gasteiger partial charge < -0.3 is 81.6 Å². The van der Waals surface area contributed by atoms with Gasteiger partial charge in [0.2, 0.25) is 59.1 Å². The fourth-order valence-corrected chi connectivity index (χ4v) is 7.28. The molecule has 27 heteroatoms. The van der Waals surface area contributed by atoms with Gasteiger partial charge in [0.25, 0.3) is 0 Å². The second-order valence-electron chi connectivity index (χ2n) is 20.0. The molecule has 9 atom stereocenters. The quantitative estimate of drug-likeness (QED) is 0.0163. The van der Waals surface area contributed by atoms with Crippen molar-refractivity contribution in [1.82, 2.24) is 47.9 Å². The lowest BCUT2D eigenvalue weighted by Gasteiger charge is -2.29. The summed E-state index contributed by atoms with van der Waals surface area (Å²) >= 11 is 0. The second kappa shape index (κ2) is 36.3. The van der Waals surface area contributed by atoms with Crippen molar-refractivity contribution < 1.29 is 57.8 Å². The van der Waals surface area contributed by atoms with E-state index < -0.39 is 132 Å². The third-order valence-corrected chi connectivity index (χ3v) is 11.6. The Morgan fingerprint density at radius 3 is 1.52 bits per heavy atom. The zero-order valence-electron chi connectivity index (χ0n) is 45.3. The molecule has 0 spiro atoms. The van der Waals surface area contributed by atoms with Gasteiger partial charge in [0.05, 0.1) is 19.1 Å². The minimum Gasteiger partial charge on any atom is -0.480 e. The first-order valence-corrected chi connectivity index (χ1v) is 25.7. The molecule has 0 aromatic carbocycles. The summed E-state index contributed by atoms with van der Waals surface area (Å²) in [4.78, 5) is 147. The summed E-state index contributed by atoms with van der Waals surface area (Å²) in [5.41, 5.74) is 27.5. The van der Waals surface area contributed by atoms with E-state index in [0.29, 0.717) is 19.3 Å². The van der Waals surface area contributed by atoms with E-state index in [1.54, 1.807) is 41.5 Å². The van der Waals surface area contributed by atoms with Crippen molar-refractivity contribution in [2.75, 3.05) is 26.2 Å². The molecule has 0 aliphatic carbocycles. The number of nitrogens with zero attached hydrogens (tertiary/aromatic N) is 1. The Labute approximate surface area is 440 Å². The van der Waals surface area contributed by atoms with Crippen LogP contribution in [0.4, 0.5) is 0 Å². The van der Waals surface area contributed by atoms with Crippen molar-refractivity contribution >= 4 is 71.0 Å². The topological polar surface area (TPSA) is 459 Å². The van der Waals surface area contributed by atoms with Crippen LogP contribution < -0.4 is 76.5 Å². The van der Waals surface area contributed by atoms with Crippen LogP contribution in [0.15, 0.2) is 4.99 Å². The molecular formula is C48H89N15O12. The number of guanidine groups is 1. The van der Waals surface area contributed by atoms with Gasteiger partial charge in [-0.15, -0.1) is 0 Å². The van der Waals surface area contributed by atoms with Crippen molar-refractivity contribution in [2.45, 2.75) is 181 Å². The van der Waals surface area contributed by atoms with Crippen LogP contribution in [0.3, 0.4) is 0 Å². The summed E-state index contributed by atoms with van der Waals surface area (Å²) < 4.78 is 0. The van der Waals surface area contributed by atoms with Gasteiger partial charge >= 0.3 is 5.97 Å². The number of carboxylic acids is 1. The van der Waals surface area contributed by atoms with E-state index in [4.69, 9.17) is 28.7 Å². The highest BCUT2D eigenvalue weighted by molar-refractivity contribution is 5.97. The Balaban J connectivity index is 5.99. The van der Waals surface area contributed by atoms with Crippen LogP contribution in [-0.4, -0.2) is 151 Å². The van der Waals surface area contributed by atoms with Gasteiger partial charge in [-0.25, -0.2) is 4.79 Å². The summed E-state index contributed by atoms with van der Waals surface area (Å²) in [6.07, 6.45) is 1.84. The van der Waals surface area contributed by atoms with Crippen LogP contribution in [0, 0.1) is 23.7 Å². The highest BCUT2D eigenvalue weighted by Crippen LogP contribution is 2.14. The molecule has 0 aliphatic heterocycles. The van der Waals surface area contributed by atoms with Crippen molar-refractivity contribution in [3.63, 3.8) is 0 Å². The normalized spacial score (nSPS) is 14.7. The van der Waals surface area contributed by atoms with Crippen molar-refractivity contribution in [3.05, 3.63) is 0 Å². The first-order chi connectivity index (χ1) is 35.0. The summed E-state index contributed by atoms with van der Waals surface area (Å²) in [7, 11) is 0. The predicted octanol–water partition coefficient (Wildman–Crippen LogP) is -3.32. The predicted molar refractivity (Wildman–Crippen MR) is 280 cm³/mol. The molecule has 20 N–H and O–H groups in total. The van der Waals surface area contributed by atoms with E-state index in [1.807, 2.05) is 13.8 Å². The maximum atomic E-state index is 14.0. The smallest absolute Gasteiger partial charge is 0.326 e. The molecule has 0 unspecified atom stereocenters. The number of aliphatic imine (C=N–C) groups is 1. The van der Waals surface area contributed by atoms with E-state index in [9.17, 15) is 57.8 Å². The highest BCUT2D eigenvalue weighted by Gasteiger charge is 2.34. The average Bonchev–Trinajstić information content (AvgIpc) is 3.32. The molecule has 0 aliphatic rings. The number of rotatable bonds is 38. The van der Waals surface area contributed by atoms with Crippen LogP contribution in [0.2, 0.25) is 0 Å². The van der Waals surface area contributed by atoms with E-state index in [1.165, 1.54) is 6.92 Å². The largest absolute Gasteiger partial charge is 0.480 e. The lowest BCUT2D eigenvalue weighted by atomic mass is 9.96. The molecule has 0 saturated heterocycles. The SMILES string of the molecule is CC[C@H](C)[C@H](NC(=O)[C@H](CC(C)C)NC(=O)[C@H](C)NC(=O)[C@@H](N)CCC(N)=O)C(=O)N[C@@H](CCCCN)C(=O)NCC(=O)NCC(=O)N[C@@H](CC(C)C)C(=O)N[C@@H](CCCN=C(N)N)C(=O)N[C@@H](CC(C)C)C(=O)O. The van der Waals surface area contributed by atoms with Gasteiger partial charge in [-0.05, 0) is 94.9 Å². The van der Waals surface area contributed by atoms with Crippen molar-refractivity contribution in [2.24, 2.45) is 57.3 Å². The lowest BCUT2D eigenvalue weighted by molar-refractivity contribution is -0.143. The fourth-order valence-electron chi connectivity index (χ4n) is 7.28. The molecule has 75 heavy (non-hydrogen) atoms. The van der Waals surface area contributed by atoms with Crippen molar-refractivity contribution in [3.8, 4) is 0 Å². The first kappa shape index (κ1) is 68.4. The average molecular weight is 1070 g/mol. The van der Waals surface area contributed by atoms with E-state index >= 15 is 0 Å². The number of nitrogens with one attached hydrogen (secondary N) is 9. The number of primary amides is 1. The van der Waals surface area contributed by atoms with Gasteiger partial charge in [-0.2, -0.15) is 0 Å². The molecule has 428 valence electrons. The molecule has 0 aromatic heterocycles. The molecule has 0 saturated carbocycles. The molecule has 0 fully saturated rings. The fraction of sp³-hybridized carbons (Fsp3) is 0.750. The summed E-state index contributed by atoms with van der Waals surface area (Å²) in [6.45, 7) is 14.8. The zero-order chi connectivity index (χ0) is 57.5. The third kappa shape index (κ3) is 29.7. The third-order valence-electron chi connectivity index (χ3n) is 11.6. The molecule has 0 aromatic rings. The lowest BCUT2D eigenvalue weighted by Crippen LogP contribution is -2.60. The van der Waals surface area contributed by atoms with Crippen LogP contribution in [0.5, 0.6) is 0 Å². The number of aliphatic carboxylic acids is 1. The standard InChI is InChI=1S/C48H89N15O12/c1-10-28(8)39(63-45(72)34(21-26(4)5)61-40(67)29(9)57-41(68)30(50)16-17-36(51)64)46(73)60-31(14-11-12-18-49)42(69)56-23-37(65)55-24-38(66)58-33(20-25(2)3)44(71)59-32(15-13-19-54-48(52)53)43(70)62-35(47(74)75)22-27(6)7/h25-35,39H,10-24,49-50H2,1-9H3,(H2,51,64)(H,55,65)(H,56,69)(H,57,68)(H,58,66)(H,59,71)(H,60,73)(H,61,67)(H,62,70)(H,63,72)(H,74,75)(H4,52,53,54)/t28-,29-,30-,31-,32-,33-,34-,35-,39-/m0/s1. The van der Waals surface area contributed by atoms with Crippen LogP contribution in [-0.2, 0) is 52.7 Å². The van der Waals surface area contributed by atoms with Gasteiger partial charge in [-0.1, -0.05) is 61.8 Å². The molecule has 27 nitrogen and oxygen atoms in total. The Morgan fingerprint density at radius 1 is 0.507 bits per heavy atom.